The molecule has 0 spiro atoms. The number of hydrogen-bond acceptors (Lipinski definition) is 4. The molecule has 0 aliphatic heterocycles. The van der Waals surface area contributed by atoms with Crippen molar-refractivity contribution < 1.29 is 18.3 Å². The molecule has 1 rings (SSSR count). The van der Waals surface area contributed by atoms with Crippen LogP contribution in [0, 0.1) is 0 Å². The SMILES string of the molecule is CN(C)S(=O)(=O)Nc1ccnc(C(=O)O)c1. The van der Waals surface area contributed by atoms with Crippen molar-refractivity contribution >= 4 is 21.9 Å². The minimum atomic E-state index is -3.63. The average Bonchev–Trinajstić information content (AvgIpc) is 2.17. The number of nitrogens with zero attached hydrogens (tertiary/aromatic N) is 2. The van der Waals surface area contributed by atoms with E-state index in [9.17, 15) is 13.2 Å². The second-order valence-electron chi connectivity index (χ2n) is 3.12. The number of rotatable bonds is 4. The number of carboxylic acid groups (broad SMARTS) is 1. The molecule has 0 fully saturated rings. The highest BCUT2D eigenvalue weighted by Crippen LogP contribution is 2.10. The first-order valence-electron chi connectivity index (χ1n) is 4.22. The second-order valence-corrected chi connectivity index (χ2v) is 5.01. The van der Waals surface area contributed by atoms with Crippen molar-refractivity contribution in [2.24, 2.45) is 0 Å². The minimum Gasteiger partial charge on any atom is -0.477 e. The van der Waals surface area contributed by atoms with Gasteiger partial charge in [-0.2, -0.15) is 12.7 Å². The molecule has 16 heavy (non-hydrogen) atoms. The molecule has 0 aliphatic rings. The Hall–Kier alpha value is -1.67. The average molecular weight is 245 g/mol. The monoisotopic (exact) mass is 245 g/mol. The van der Waals surface area contributed by atoms with Crippen LogP contribution in [0.5, 0.6) is 0 Å². The normalized spacial score (nSPS) is 11.4. The summed E-state index contributed by atoms with van der Waals surface area (Å²) < 4.78 is 26.0. The summed E-state index contributed by atoms with van der Waals surface area (Å²) in [6.07, 6.45) is 1.22. The van der Waals surface area contributed by atoms with E-state index in [0.717, 1.165) is 10.4 Å². The third-order valence-electron chi connectivity index (χ3n) is 1.71. The standard InChI is InChI=1S/C8H11N3O4S/c1-11(2)16(14,15)10-6-3-4-9-7(5-6)8(12)13/h3-5H,1-2H3,(H,9,10)(H,12,13). The van der Waals surface area contributed by atoms with Crippen molar-refractivity contribution in [3.8, 4) is 0 Å². The van der Waals surface area contributed by atoms with E-state index in [0.29, 0.717) is 0 Å². The molecule has 0 aromatic carbocycles. The van der Waals surface area contributed by atoms with Crippen LogP contribution in [0.2, 0.25) is 0 Å². The van der Waals surface area contributed by atoms with E-state index in [4.69, 9.17) is 5.11 Å². The van der Waals surface area contributed by atoms with Crippen molar-refractivity contribution in [3.05, 3.63) is 24.0 Å². The van der Waals surface area contributed by atoms with E-state index in [-0.39, 0.29) is 11.4 Å². The fraction of sp³-hybridized carbons (Fsp3) is 0.250. The summed E-state index contributed by atoms with van der Waals surface area (Å²) in [7, 11) is -0.906. The molecule has 7 nitrogen and oxygen atoms in total. The van der Waals surface area contributed by atoms with Gasteiger partial charge in [-0.05, 0) is 12.1 Å². The number of nitrogens with one attached hydrogen (secondary N) is 1. The molecule has 0 bridgehead atoms. The maximum absolute atomic E-state index is 11.4. The van der Waals surface area contributed by atoms with Gasteiger partial charge in [0, 0.05) is 20.3 Å². The summed E-state index contributed by atoms with van der Waals surface area (Å²) in [4.78, 5) is 14.2. The van der Waals surface area contributed by atoms with Crippen LogP contribution in [0.4, 0.5) is 5.69 Å². The summed E-state index contributed by atoms with van der Waals surface area (Å²) >= 11 is 0. The first kappa shape index (κ1) is 12.4. The van der Waals surface area contributed by atoms with Gasteiger partial charge in [-0.3, -0.25) is 4.72 Å². The van der Waals surface area contributed by atoms with Gasteiger partial charge in [-0.15, -0.1) is 0 Å². The zero-order valence-corrected chi connectivity index (χ0v) is 9.52. The van der Waals surface area contributed by atoms with Crippen LogP contribution >= 0.6 is 0 Å². The second kappa shape index (κ2) is 4.45. The molecular formula is C8H11N3O4S. The number of hydrogen-bond donors (Lipinski definition) is 2. The lowest BCUT2D eigenvalue weighted by Gasteiger charge is -2.13. The number of aromatic nitrogens is 1. The van der Waals surface area contributed by atoms with Crippen LogP contribution < -0.4 is 4.72 Å². The van der Waals surface area contributed by atoms with Crippen molar-refractivity contribution in [3.63, 3.8) is 0 Å². The number of pyridine rings is 1. The Kier molecular flexibility index (Phi) is 3.45. The lowest BCUT2D eigenvalue weighted by Crippen LogP contribution is -2.29. The Labute approximate surface area is 92.9 Å². The van der Waals surface area contributed by atoms with Gasteiger partial charge in [0.05, 0.1) is 5.69 Å². The largest absolute Gasteiger partial charge is 0.477 e. The van der Waals surface area contributed by atoms with Gasteiger partial charge >= 0.3 is 16.2 Å². The zero-order valence-electron chi connectivity index (χ0n) is 8.71. The third-order valence-corrected chi connectivity index (χ3v) is 3.16. The highest BCUT2D eigenvalue weighted by atomic mass is 32.2. The molecule has 88 valence electrons. The van der Waals surface area contributed by atoms with Crippen molar-refractivity contribution in [1.29, 1.82) is 0 Å². The zero-order chi connectivity index (χ0) is 12.3. The molecule has 1 heterocycles. The van der Waals surface area contributed by atoms with Crippen LogP contribution in [0.3, 0.4) is 0 Å². The van der Waals surface area contributed by atoms with Gasteiger partial charge in [0.25, 0.3) is 0 Å². The molecule has 1 aromatic rings. The Morgan fingerprint density at radius 2 is 2.12 bits per heavy atom. The molecule has 0 radical (unpaired) electrons. The predicted octanol–water partition coefficient (Wildman–Crippen LogP) is -0.00190. The highest BCUT2D eigenvalue weighted by molar-refractivity contribution is 7.90. The smallest absolute Gasteiger partial charge is 0.354 e. The first-order chi connectivity index (χ1) is 7.33. The number of anilines is 1. The quantitative estimate of drug-likeness (QED) is 0.777. The maximum Gasteiger partial charge on any atom is 0.354 e. The molecule has 8 heteroatoms. The molecule has 0 amide bonds. The molecular weight excluding hydrogens is 234 g/mol. The Balaban J connectivity index is 2.99. The summed E-state index contributed by atoms with van der Waals surface area (Å²) in [5.41, 5.74) is -0.0694. The Morgan fingerprint density at radius 3 is 2.62 bits per heavy atom. The van der Waals surface area contributed by atoms with Gasteiger partial charge in [0.15, 0.2) is 0 Å². The van der Waals surface area contributed by atoms with Crippen LogP contribution in [-0.2, 0) is 10.2 Å². The van der Waals surface area contributed by atoms with E-state index in [2.05, 4.69) is 9.71 Å². The van der Waals surface area contributed by atoms with Crippen LogP contribution in [-0.4, -0.2) is 42.9 Å². The van der Waals surface area contributed by atoms with Gasteiger partial charge < -0.3 is 5.11 Å². The molecule has 2 N–H and O–H groups in total. The van der Waals surface area contributed by atoms with E-state index < -0.39 is 16.2 Å². The third kappa shape index (κ3) is 2.91. The van der Waals surface area contributed by atoms with E-state index in [1.165, 1.54) is 26.4 Å². The predicted molar refractivity (Wildman–Crippen MR) is 57.4 cm³/mol. The maximum atomic E-state index is 11.4. The van der Waals surface area contributed by atoms with E-state index in [1.54, 1.807) is 0 Å². The lowest BCUT2D eigenvalue weighted by atomic mass is 10.3. The van der Waals surface area contributed by atoms with Gasteiger partial charge in [0.2, 0.25) is 0 Å². The topological polar surface area (TPSA) is 99.6 Å². The number of aromatic carboxylic acids is 1. The van der Waals surface area contributed by atoms with Crippen LogP contribution in [0.15, 0.2) is 18.3 Å². The number of carboxylic acids is 1. The van der Waals surface area contributed by atoms with Crippen LogP contribution in [0.25, 0.3) is 0 Å². The molecule has 0 aliphatic carbocycles. The summed E-state index contributed by atoms with van der Waals surface area (Å²) in [5.74, 6) is -1.22. The van der Waals surface area contributed by atoms with Crippen molar-refractivity contribution in [1.82, 2.24) is 9.29 Å². The highest BCUT2D eigenvalue weighted by Gasteiger charge is 2.14. The molecule has 0 atom stereocenters. The van der Waals surface area contributed by atoms with Crippen LogP contribution in [0.1, 0.15) is 10.5 Å². The number of carbonyl (C=O) groups is 1. The first-order valence-corrected chi connectivity index (χ1v) is 5.66. The fourth-order valence-electron chi connectivity index (χ4n) is 0.851. The summed E-state index contributed by atoms with van der Waals surface area (Å²) in [6.45, 7) is 0. The molecule has 1 aromatic heterocycles. The van der Waals surface area contributed by atoms with Crippen molar-refractivity contribution in [2.75, 3.05) is 18.8 Å². The van der Waals surface area contributed by atoms with E-state index >= 15 is 0 Å². The van der Waals surface area contributed by atoms with Gasteiger partial charge in [0.1, 0.15) is 5.69 Å². The molecule has 0 saturated heterocycles. The summed E-state index contributed by atoms with van der Waals surface area (Å²) in [6, 6.07) is 2.51. The minimum absolute atomic E-state index is 0.154. The Bertz CT molecular complexity index is 498. The molecule has 0 unspecified atom stereocenters. The lowest BCUT2D eigenvalue weighted by molar-refractivity contribution is 0.0690. The Morgan fingerprint density at radius 1 is 1.50 bits per heavy atom. The van der Waals surface area contributed by atoms with Gasteiger partial charge in [-0.25, -0.2) is 9.78 Å². The van der Waals surface area contributed by atoms with Crippen molar-refractivity contribution in [2.45, 2.75) is 0 Å². The fourth-order valence-corrected chi connectivity index (χ4v) is 1.46. The summed E-state index contributed by atoms with van der Waals surface area (Å²) in [5, 5.41) is 8.67. The molecule has 0 saturated carbocycles. The van der Waals surface area contributed by atoms with E-state index in [1.807, 2.05) is 0 Å². The van der Waals surface area contributed by atoms with Gasteiger partial charge in [-0.1, -0.05) is 0 Å².